The number of hydrogen-bond donors (Lipinski definition) is 1. The van der Waals surface area contributed by atoms with Crippen molar-refractivity contribution in [1.29, 1.82) is 0 Å². The van der Waals surface area contributed by atoms with Gasteiger partial charge in [-0.25, -0.2) is 4.79 Å². The molecule has 1 amide bonds. The first kappa shape index (κ1) is 15.4. The molecule has 2 rings (SSSR count). The van der Waals surface area contributed by atoms with E-state index in [-0.39, 0.29) is 12.5 Å². The largest absolute Gasteiger partial charge is 0.348 e. The predicted molar refractivity (Wildman–Crippen MR) is 85.5 cm³/mol. The van der Waals surface area contributed by atoms with E-state index in [1.165, 1.54) is 4.57 Å². The Morgan fingerprint density at radius 3 is 2.48 bits per heavy atom. The molecular weight excluding hydrogens is 334 g/mol. The van der Waals surface area contributed by atoms with Crippen LogP contribution in [0.5, 0.6) is 0 Å². The number of aryl methyl sites for hydroxylation is 2. The summed E-state index contributed by atoms with van der Waals surface area (Å²) in [7, 11) is 0. The van der Waals surface area contributed by atoms with Crippen LogP contribution in [0.15, 0.2) is 33.5 Å². The second-order valence-electron chi connectivity index (χ2n) is 4.88. The lowest BCUT2D eigenvalue weighted by atomic mass is 10.2. The summed E-state index contributed by atoms with van der Waals surface area (Å²) in [5.41, 5.74) is 2.70. The summed E-state index contributed by atoms with van der Waals surface area (Å²) in [4.78, 5) is 27.8. The number of rotatable bonds is 3. The van der Waals surface area contributed by atoms with E-state index in [0.29, 0.717) is 17.1 Å². The molecule has 0 radical (unpaired) electrons. The highest BCUT2D eigenvalue weighted by Crippen LogP contribution is 2.16. The number of benzene rings is 1. The van der Waals surface area contributed by atoms with Gasteiger partial charge >= 0.3 is 5.69 Å². The molecule has 110 valence electrons. The van der Waals surface area contributed by atoms with Gasteiger partial charge in [0.05, 0.1) is 10.2 Å². The molecule has 2 aromatic rings. The third-order valence-electron chi connectivity index (χ3n) is 3.17. The Labute approximate surface area is 131 Å². The molecule has 0 saturated carbocycles. The second-order valence-corrected chi connectivity index (χ2v) is 5.67. The Bertz CT molecular complexity index is 736. The summed E-state index contributed by atoms with van der Waals surface area (Å²) >= 11 is 3.37. The van der Waals surface area contributed by atoms with Crippen molar-refractivity contribution >= 4 is 27.5 Å². The Morgan fingerprint density at radius 1 is 1.24 bits per heavy atom. The standard InChI is InChI=1S/C15H16BrN3O2/c1-9-4-6-12(7-5-9)18-13(20)8-19-11(3)14(16)10(2)17-15(19)21/h4-7H,8H2,1-3H3,(H,18,20). The molecule has 0 aliphatic carbocycles. The fraction of sp³-hybridized carbons (Fsp3) is 0.267. The highest BCUT2D eigenvalue weighted by Gasteiger charge is 2.12. The van der Waals surface area contributed by atoms with E-state index in [1.807, 2.05) is 31.2 Å². The van der Waals surface area contributed by atoms with Crippen LogP contribution in [0.25, 0.3) is 0 Å². The summed E-state index contributed by atoms with van der Waals surface area (Å²) in [5, 5.41) is 2.76. The van der Waals surface area contributed by atoms with Crippen molar-refractivity contribution in [1.82, 2.24) is 9.55 Å². The Morgan fingerprint density at radius 2 is 1.86 bits per heavy atom. The molecular formula is C15H16BrN3O2. The lowest BCUT2D eigenvalue weighted by Crippen LogP contribution is -2.31. The fourth-order valence-electron chi connectivity index (χ4n) is 1.94. The number of aromatic nitrogens is 2. The number of nitrogens with zero attached hydrogens (tertiary/aromatic N) is 2. The zero-order valence-corrected chi connectivity index (χ0v) is 13.7. The Kier molecular flexibility index (Phi) is 4.57. The van der Waals surface area contributed by atoms with E-state index < -0.39 is 5.69 Å². The minimum absolute atomic E-state index is 0.0651. The van der Waals surface area contributed by atoms with Crippen LogP contribution in [-0.4, -0.2) is 15.5 Å². The number of carbonyl (C=O) groups excluding carboxylic acids is 1. The molecule has 1 N–H and O–H groups in total. The summed E-state index contributed by atoms with van der Waals surface area (Å²) in [5.74, 6) is -0.262. The molecule has 1 heterocycles. The van der Waals surface area contributed by atoms with Crippen LogP contribution in [0, 0.1) is 20.8 Å². The van der Waals surface area contributed by atoms with Gasteiger partial charge in [0.2, 0.25) is 5.91 Å². The predicted octanol–water partition coefficient (Wildman–Crippen LogP) is 2.57. The lowest BCUT2D eigenvalue weighted by Gasteiger charge is -2.12. The van der Waals surface area contributed by atoms with E-state index in [4.69, 9.17) is 0 Å². The molecule has 0 bridgehead atoms. The number of halogens is 1. The van der Waals surface area contributed by atoms with Crippen molar-refractivity contribution in [3.63, 3.8) is 0 Å². The first-order valence-electron chi connectivity index (χ1n) is 6.48. The summed E-state index contributed by atoms with van der Waals surface area (Å²) in [6, 6.07) is 7.48. The Balaban J connectivity index is 2.19. The molecule has 0 unspecified atom stereocenters. The summed E-state index contributed by atoms with van der Waals surface area (Å²) in [6.07, 6.45) is 0. The second kappa shape index (κ2) is 6.22. The highest BCUT2D eigenvalue weighted by atomic mass is 79.9. The smallest absolute Gasteiger partial charge is 0.325 e. The zero-order chi connectivity index (χ0) is 15.6. The zero-order valence-electron chi connectivity index (χ0n) is 12.1. The minimum atomic E-state index is -0.424. The van der Waals surface area contributed by atoms with Gasteiger partial charge in [-0.2, -0.15) is 4.98 Å². The molecule has 6 heteroatoms. The van der Waals surface area contributed by atoms with Crippen LogP contribution in [0.3, 0.4) is 0 Å². The number of anilines is 1. The monoisotopic (exact) mass is 349 g/mol. The molecule has 0 saturated heterocycles. The van der Waals surface area contributed by atoms with Gasteiger partial charge < -0.3 is 5.32 Å². The van der Waals surface area contributed by atoms with Gasteiger partial charge in [-0.1, -0.05) is 17.7 Å². The average molecular weight is 350 g/mol. The van der Waals surface area contributed by atoms with Crippen LogP contribution in [0.1, 0.15) is 17.0 Å². The summed E-state index contributed by atoms with van der Waals surface area (Å²) in [6.45, 7) is 5.43. The molecule has 1 aromatic heterocycles. The number of amides is 1. The van der Waals surface area contributed by atoms with Gasteiger partial charge in [0.15, 0.2) is 0 Å². The molecule has 0 spiro atoms. The lowest BCUT2D eigenvalue weighted by molar-refractivity contribution is -0.116. The maximum absolute atomic E-state index is 12.1. The third kappa shape index (κ3) is 3.58. The van der Waals surface area contributed by atoms with Crippen molar-refractivity contribution in [2.75, 3.05) is 5.32 Å². The van der Waals surface area contributed by atoms with Crippen LogP contribution in [0.2, 0.25) is 0 Å². The molecule has 0 aliphatic rings. The maximum atomic E-state index is 12.1. The molecule has 0 aliphatic heterocycles. The van der Waals surface area contributed by atoms with Gasteiger partial charge in [0.25, 0.3) is 0 Å². The van der Waals surface area contributed by atoms with Gasteiger partial charge in [-0.05, 0) is 48.8 Å². The van der Waals surface area contributed by atoms with Crippen molar-refractivity contribution < 1.29 is 4.79 Å². The summed E-state index contributed by atoms with van der Waals surface area (Å²) < 4.78 is 2.09. The quantitative estimate of drug-likeness (QED) is 0.925. The SMILES string of the molecule is Cc1ccc(NC(=O)Cn2c(C)c(Br)c(C)nc2=O)cc1. The number of carbonyl (C=O) groups is 1. The van der Waals surface area contributed by atoms with Crippen molar-refractivity contribution in [3.05, 3.63) is 56.2 Å². The van der Waals surface area contributed by atoms with Crippen molar-refractivity contribution in [2.24, 2.45) is 0 Å². The van der Waals surface area contributed by atoms with E-state index >= 15 is 0 Å². The van der Waals surface area contributed by atoms with Gasteiger partial charge in [0, 0.05) is 11.4 Å². The molecule has 0 atom stereocenters. The first-order valence-corrected chi connectivity index (χ1v) is 7.28. The third-order valence-corrected chi connectivity index (χ3v) is 4.32. The van der Waals surface area contributed by atoms with Crippen LogP contribution >= 0.6 is 15.9 Å². The van der Waals surface area contributed by atoms with Crippen LogP contribution < -0.4 is 11.0 Å². The minimum Gasteiger partial charge on any atom is -0.325 e. The van der Waals surface area contributed by atoms with E-state index in [1.54, 1.807) is 13.8 Å². The fourth-order valence-corrected chi connectivity index (χ4v) is 2.25. The van der Waals surface area contributed by atoms with Crippen LogP contribution in [0.4, 0.5) is 5.69 Å². The average Bonchev–Trinajstić information content (AvgIpc) is 2.44. The topological polar surface area (TPSA) is 64.0 Å². The Hall–Kier alpha value is -1.95. The van der Waals surface area contributed by atoms with Gasteiger partial charge in [-0.3, -0.25) is 9.36 Å². The highest BCUT2D eigenvalue weighted by molar-refractivity contribution is 9.10. The van der Waals surface area contributed by atoms with E-state index in [0.717, 1.165) is 10.0 Å². The molecule has 1 aromatic carbocycles. The maximum Gasteiger partial charge on any atom is 0.348 e. The molecule has 0 fully saturated rings. The van der Waals surface area contributed by atoms with Crippen LogP contribution in [-0.2, 0) is 11.3 Å². The van der Waals surface area contributed by atoms with Crippen molar-refractivity contribution in [2.45, 2.75) is 27.3 Å². The number of hydrogen-bond acceptors (Lipinski definition) is 3. The van der Waals surface area contributed by atoms with Gasteiger partial charge in [-0.15, -0.1) is 0 Å². The van der Waals surface area contributed by atoms with Gasteiger partial charge in [0.1, 0.15) is 6.54 Å². The van der Waals surface area contributed by atoms with E-state index in [2.05, 4.69) is 26.2 Å². The molecule has 21 heavy (non-hydrogen) atoms. The normalized spacial score (nSPS) is 10.5. The van der Waals surface area contributed by atoms with E-state index in [9.17, 15) is 9.59 Å². The molecule has 5 nitrogen and oxygen atoms in total. The number of nitrogens with one attached hydrogen (secondary N) is 1. The van der Waals surface area contributed by atoms with Crippen molar-refractivity contribution in [3.8, 4) is 0 Å². The first-order chi connectivity index (χ1) is 9.88.